The molecule has 0 bridgehead atoms. The molecule has 1 heterocycles. The van der Waals surface area contributed by atoms with Crippen molar-refractivity contribution < 1.29 is 13.2 Å². The van der Waals surface area contributed by atoms with Crippen LogP contribution in [0.2, 0.25) is 0 Å². The molecule has 0 aliphatic rings. The Morgan fingerprint density at radius 2 is 1.90 bits per heavy atom. The van der Waals surface area contributed by atoms with Crippen LogP contribution in [-0.2, 0) is 14.8 Å². The molecule has 1 amide bonds. The van der Waals surface area contributed by atoms with E-state index in [4.69, 9.17) is 0 Å². The molecule has 2 aromatic carbocycles. The Labute approximate surface area is 181 Å². The summed E-state index contributed by atoms with van der Waals surface area (Å²) in [6.45, 7) is 3.81. The topological polar surface area (TPSA) is 84.3 Å². The number of benzene rings is 2. The third-order valence-corrected chi connectivity index (χ3v) is 7.31. The molecule has 0 spiro atoms. The minimum absolute atomic E-state index is 0.126. The van der Waals surface area contributed by atoms with Crippen molar-refractivity contribution in [3.05, 3.63) is 66.5 Å². The van der Waals surface area contributed by atoms with Crippen molar-refractivity contribution in [3.8, 4) is 5.69 Å². The van der Waals surface area contributed by atoms with Crippen molar-refractivity contribution in [1.82, 2.24) is 13.9 Å². The van der Waals surface area contributed by atoms with E-state index in [-0.39, 0.29) is 10.8 Å². The van der Waals surface area contributed by atoms with Crippen molar-refractivity contribution in [2.45, 2.75) is 29.1 Å². The second-order valence-corrected chi connectivity index (χ2v) is 10.4. The van der Waals surface area contributed by atoms with Crippen LogP contribution >= 0.6 is 11.8 Å². The number of hydrogen-bond donors (Lipinski definition) is 1. The van der Waals surface area contributed by atoms with Crippen LogP contribution in [0.1, 0.15) is 12.5 Å². The third kappa shape index (κ3) is 4.92. The molecule has 1 N–H and O–H groups in total. The fourth-order valence-electron chi connectivity index (χ4n) is 2.75. The molecule has 30 heavy (non-hydrogen) atoms. The monoisotopic (exact) mass is 444 g/mol. The standard InChI is InChI=1S/C21H24N4O3S2/c1-15-7-5-9-18(13-15)25-12-11-22-21(25)29-16(2)20(26)23-17-8-6-10-19(14-17)30(27,28)24(3)4/h5-14,16H,1-4H3,(H,23,26)/t16-/m1/s1. The van der Waals surface area contributed by atoms with Gasteiger partial charge in [-0.3, -0.25) is 9.36 Å². The molecule has 9 heteroatoms. The summed E-state index contributed by atoms with van der Waals surface area (Å²) >= 11 is 1.33. The van der Waals surface area contributed by atoms with Crippen molar-refractivity contribution in [2.24, 2.45) is 0 Å². The van der Waals surface area contributed by atoms with Gasteiger partial charge in [0.1, 0.15) is 0 Å². The predicted octanol–water partition coefficient (Wildman–Crippen LogP) is 3.55. The van der Waals surface area contributed by atoms with Gasteiger partial charge in [0.05, 0.1) is 10.1 Å². The van der Waals surface area contributed by atoms with Crippen molar-refractivity contribution >= 4 is 33.4 Å². The zero-order chi connectivity index (χ0) is 21.9. The van der Waals surface area contributed by atoms with E-state index in [1.807, 2.05) is 42.0 Å². The average Bonchev–Trinajstić information content (AvgIpc) is 3.16. The second-order valence-electron chi connectivity index (χ2n) is 6.98. The van der Waals surface area contributed by atoms with Crippen LogP contribution in [0.5, 0.6) is 0 Å². The smallest absolute Gasteiger partial charge is 0.242 e. The third-order valence-electron chi connectivity index (χ3n) is 4.42. The van der Waals surface area contributed by atoms with Gasteiger partial charge in [0.2, 0.25) is 15.9 Å². The van der Waals surface area contributed by atoms with E-state index in [1.54, 1.807) is 25.3 Å². The summed E-state index contributed by atoms with van der Waals surface area (Å²) < 4.78 is 27.7. The van der Waals surface area contributed by atoms with Crippen molar-refractivity contribution in [2.75, 3.05) is 19.4 Å². The van der Waals surface area contributed by atoms with Crippen LogP contribution in [-0.4, -0.2) is 47.5 Å². The van der Waals surface area contributed by atoms with Gasteiger partial charge in [-0.25, -0.2) is 17.7 Å². The van der Waals surface area contributed by atoms with Crippen LogP contribution in [0.25, 0.3) is 5.69 Å². The maximum atomic E-state index is 12.7. The van der Waals surface area contributed by atoms with Crippen LogP contribution in [0, 0.1) is 6.92 Å². The number of carbonyl (C=O) groups is 1. The maximum Gasteiger partial charge on any atom is 0.242 e. The van der Waals surface area contributed by atoms with Crippen LogP contribution in [0.4, 0.5) is 5.69 Å². The van der Waals surface area contributed by atoms with Gasteiger partial charge < -0.3 is 5.32 Å². The number of nitrogens with zero attached hydrogens (tertiary/aromatic N) is 3. The highest BCUT2D eigenvalue weighted by Crippen LogP contribution is 2.26. The normalized spacial score (nSPS) is 12.7. The number of carbonyl (C=O) groups excluding carboxylic acids is 1. The lowest BCUT2D eigenvalue weighted by molar-refractivity contribution is -0.115. The molecule has 158 valence electrons. The average molecular weight is 445 g/mol. The highest BCUT2D eigenvalue weighted by atomic mass is 32.2. The van der Waals surface area contributed by atoms with Gasteiger partial charge in [-0.2, -0.15) is 0 Å². The summed E-state index contributed by atoms with van der Waals surface area (Å²) in [6.07, 6.45) is 3.56. The summed E-state index contributed by atoms with van der Waals surface area (Å²) in [5, 5.41) is 3.06. The van der Waals surface area contributed by atoms with Gasteiger partial charge in [-0.1, -0.05) is 30.0 Å². The largest absolute Gasteiger partial charge is 0.325 e. The van der Waals surface area contributed by atoms with E-state index < -0.39 is 15.3 Å². The number of aryl methyl sites for hydroxylation is 1. The van der Waals surface area contributed by atoms with Crippen LogP contribution in [0.15, 0.2) is 71.0 Å². The van der Waals surface area contributed by atoms with E-state index in [9.17, 15) is 13.2 Å². The fourth-order valence-corrected chi connectivity index (χ4v) is 4.58. The number of amides is 1. The van der Waals surface area contributed by atoms with Gasteiger partial charge in [0.15, 0.2) is 5.16 Å². The zero-order valence-corrected chi connectivity index (χ0v) is 18.9. The predicted molar refractivity (Wildman–Crippen MR) is 120 cm³/mol. The fraction of sp³-hybridized carbons (Fsp3) is 0.238. The molecule has 0 aliphatic carbocycles. The lowest BCUT2D eigenvalue weighted by Crippen LogP contribution is -2.24. The number of hydrogen-bond acceptors (Lipinski definition) is 5. The van der Waals surface area contributed by atoms with E-state index in [0.29, 0.717) is 10.8 Å². The van der Waals surface area contributed by atoms with Crippen LogP contribution < -0.4 is 5.32 Å². The maximum absolute atomic E-state index is 12.7. The molecule has 3 rings (SSSR count). The Kier molecular flexibility index (Phi) is 6.64. The molecular formula is C21H24N4O3S2. The Balaban J connectivity index is 1.74. The molecule has 3 aromatic rings. The highest BCUT2D eigenvalue weighted by molar-refractivity contribution is 8.00. The molecule has 0 radical (unpaired) electrons. The van der Waals surface area contributed by atoms with Crippen molar-refractivity contribution in [3.63, 3.8) is 0 Å². The number of anilines is 1. The molecule has 0 unspecified atom stereocenters. The van der Waals surface area contributed by atoms with E-state index in [1.165, 1.54) is 38.0 Å². The van der Waals surface area contributed by atoms with Gasteiger partial charge in [0, 0.05) is 37.9 Å². The van der Waals surface area contributed by atoms with Crippen molar-refractivity contribution in [1.29, 1.82) is 0 Å². The first-order valence-corrected chi connectivity index (χ1v) is 11.6. The molecule has 0 fully saturated rings. The number of thioether (sulfide) groups is 1. The minimum atomic E-state index is -3.57. The Morgan fingerprint density at radius 1 is 1.17 bits per heavy atom. The number of rotatable bonds is 7. The Morgan fingerprint density at radius 3 is 2.60 bits per heavy atom. The molecule has 7 nitrogen and oxygen atoms in total. The molecule has 1 aromatic heterocycles. The zero-order valence-electron chi connectivity index (χ0n) is 17.2. The summed E-state index contributed by atoms with van der Waals surface area (Å²) in [6, 6.07) is 14.3. The molecule has 1 atom stereocenters. The van der Waals surface area contributed by atoms with Gasteiger partial charge in [-0.15, -0.1) is 0 Å². The van der Waals surface area contributed by atoms with E-state index in [2.05, 4.69) is 10.3 Å². The number of aromatic nitrogens is 2. The number of imidazole rings is 1. The number of nitrogens with one attached hydrogen (secondary N) is 1. The SMILES string of the molecule is Cc1cccc(-n2ccnc2S[C@H](C)C(=O)Nc2cccc(S(=O)(=O)N(C)C)c2)c1. The summed E-state index contributed by atoms with van der Waals surface area (Å²) in [5.74, 6) is -0.238. The lowest BCUT2D eigenvalue weighted by Gasteiger charge is -2.15. The summed E-state index contributed by atoms with van der Waals surface area (Å²) in [5.41, 5.74) is 2.54. The Bertz CT molecular complexity index is 1160. The summed E-state index contributed by atoms with van der Waals surface area (Å²) in [4.78, 5) is 17.2. The molecule has 0 saturated carbocycles. The highest BCUT2D eigenvalue weighted by Gasteiger charge is 2.20. The van der Waals surface area contributed by atoms with E-state index >= 15 is 0 Å². The quantitative estimate of drug-likeness (QED) is 0.564. The second kappa shape index (κ2) is 9.03. The lowest BCUT2D eigenvalue weighted by atomic mass is 10.2. The summed E-state index contributed by atoms with van der Waals surface area (Å²) in [7, 11) is -0.637. The minimum Gasteiger partial charge on any atom is -0.325 e. The molecule has 0 aliphatic heterocycles. The van der Waals surface area contributed by atoms with E-state index in [0.717, 1.165) is 15.6 Å². The first-order valence-electron chi connectivity index (χ1n) is 9.29. The van der Waals surface area contributed by atoms with Gasteiger partial charge in [0.25, 0.3) is 0 Å². The van der Waals surface area contributed by atoms with Gasteiger partial charge >= 0.3 is 0 Å². The van der Waals surface area contributed by atoms with Crippen LogP contribution in [0.3, 0.4) is 0 Å². The first-order chi connectivity index (χ1) is 14.2. The Hall–Kier alpha value is -2.62. The molecular weight excluding hydrogens is 420 g/mol. The molecule has 0 saturated heterocycles. The number of sulfonamides is 1. The first kappa shape index (κ1) is 22.1. The van der Waals surface area contributed by atoms with Gasteiger partial charge in [-0.05, 0) is 49.7 Å².